The summed E-state index contributed by atoms with van der Waals surface area (Å²) < 4.78 is 46.4. The molecule has 2 aromatic carbocycles. The van der Waals surface area contributed by atoms with Gasteiger partial charge >= 0.3 is 5.97 Å². The van der Waals surface area contributed by atoms with Gasteiger partial charge in [0.25, 0.3) is 0 Å². The van der Waals surface area contributed by atoms with E-state index in [0.717, 1.165) is 76.1 Å². The molecule has 0 radical (unpaired) electrons. The van der Waals surface area contributed by atoms with Gasteiger partial charge in [0.15, 0.2) is 9.84 Å². The van der Waals surface area contributed by atoms with Crippen molar-refractivity contribution in [3.8, 4) is 6.07 Å². The zero-order valence-electron chi connectivity index (χ0n) is 29.6. The van der Waals surface area contributed by atoms with Crippen LogP contribution in [0.1, 0.15) is 69.8 Å². The van der Waals surface area contributed by atoms with Gasteiger partial charge in [0.2, 0.25) is 5.91 Å². The maximum absolute atomic E-state index is 14.6. The summed E-state index contributed by atoms with van der Waals surface area (Å²) in [6.45, 7) is 7.97. The number of rotatable bonds is 12. The van der Waals surface area contributed by atoms with Crippen molar-refractivity contribution in [2.24, 2.45) is 23.7 Å². The molecule has 4 fully saturated rings. The Balaban J connectivity index is 1.03. The number of benzene rings is 2. The third-order valence-corrected chi connectivity index (χ3v) is 14.5. The van der Waals surface area contributed by atoms with Crippen molar-refractivity contribution in [1.82, 2.24) is 10.2 Å². The van der Waals surface area contributed by atoms with Crippen molar-refractivity contribution in [3.05, 3.63) is 72.6 Å². The van der Waals surface area contributed by atoms with E-state index in [4.69, 9.17) is 4.74 Å². The summed E-state index contributed by atoms with van der Waals surface area (Å²) in [5.74, 6) is -0.266. The highest BCUT2D eigenvalue weighted by molar-refractivity contribution is 7.92. The number of halogens is 1. The number of amides is 1. The summed E-state index contributed by atoms with van der Waals surface area (Å²) in [6, 6.07) is 16.6. The molecule has 2 aliphatic heterocycles. The monoisotopic (exact) mass is 718 g/mol. The van der Waals surface area contributed by atoms with E-state index in [-0.39, 0.29) is 47.9 Å². The summed E-state index contributed by atoms with van der Waals surface area (Å²) >= 11 is 0. The number of sulfone groups is 1. The van der Waals surface area contributed by atoms with Crippen molar-refractivity contribution in [2.45, 2.75) is 85.8 Å². The lowest BCUT2D eigenvalue weighted by Crippen LogP contribution is -2.54. The molecule has 11 heteroatoms. The number of ether oxygens (including phenoxy) is 1. The molecule has 4 aliphatic rings. The van der Waals surface area contributed by atoms with Gasteiger partial charge in [0, 0.05) is 43.7 Å². The molecule has 2 saturated carbocycles. The number of methoxy groups -OCH3 is 1. The van der Waals surface area contributed by atoms with E-state index in [2.05, 4.69) is 27.8 Å². The van der Waals surface area contributed by atoms with E-state index in [0.29, 0.717) is 36.5 Å². The molecule has 0 bridgehead atoms. The minimum atomic E-state index is -3.45. The Labute approximate surface area is 302 Å². The average Bonchev–Trinajstić information content (AvgIpc) is 3.59. The van der Waals surface area contributed by atoms with Crippen LogP contribution in [0.4, 0.5) is 10.1 Å². The maximum Gasteiger partial charge on any atom is 0.305 e. The number of anilines is 1. The van der Waals surface area contributed by atoms with E-state index in [1.807, 2.05) is 18.2 Å². The van der Waals surface area contributed by atoms with Gasteiger partial charge < -0.3 is 19.9 Å². The fourth-order valence-corrected chi connectivity index (χ4v) is 11.4. The SMILES string of the molecule is C=CC(=O)NC1CCC(S(=O)(=O)c2ccc(N3CC(CN4CCC([C@@](C#N)(c5cccc(F)c5)[C@H]5CCC[C@@H]5CC(=O)OC)CC4)C3)cc2)CC1. The molecule has 0 aromatic heterocycles. The Morgan fingerprint density at radius 1 is 1.04 bits per heavy atom. The van der Waals surface area contributed by atoms with E-state index in [9.17, 15) is 27.7 Å². The maximum atomic E-state index is 14.6. The fourth-order valence-electron chi connectivity index (χ4n) is 9.56. The number of piperidine rings is 1. The highest BCUT2D eigenvalue weighted by atomic mass is 32.2. The number of carbonyl (C=O) groups is 2. The van der Waals surface area contributed by atoms with Crippen molar-refractivity contribution in [3.63, 3.8) is 0 Å². The number of hydrogen-bond donors (Lipinski definition) is 1. The predicted molar refractivity (Wildman–Crippen MR) is 194 cm³/mol. The topological polar surface area (TPSA) is 120 Å². The number of hydrogen-bond acceptors (Lipinski definition) is 8. The van der Waals surface area contributed by atoms with Crippen LogP contribution < -0.4 is 10.2 Å². The third-order valence-electron chi connectivity index (χ3n) is 12.3. The third kappa shape index (κ3) is 7.87. The quantitative estimate of drug-likeness (QED) is 0.216. The molecule has 9 nitrogen and oxygen atoms in total. The molecular formula is C40H51FN4O5S. The Bertz CT molecular complexity index is 1710. The minimum absolute atomic E-state index is 0.00892. The van der Waals surface area contributed by atoms with Gasteiger partial charge in [-0.15, -0.1) is 0 Å². The van der Waals surface area contributed by atoms with Crippen molar-refractivity contribution < 1.29 is 27.1 Å². The average molecular weight is 719 g/mol. The van der Waals surface area contributed by atoms with Gasteiger partial charge in [-0.3, -0.25) is 9.59 Å². The molecule has 2 aliphatic carbocycles. The smallest absolute Gasteiger partial charge is 0.305 e. The molecule has 2 heterocycles. The van der Waals surface area contributed by atoms with Crippen LogP contribution in [0.2, 0.25) is 0 Å². The molecule has 0 spiro atoms. The zero-order chi connectivity index (χ0) is 36.2. The number of nitrogens with one attached hydrogen (secondary N) is 1. The van der Waals surface area contributed by atoms with Crippen LogP contribution in [0, 0.1) is 40.8 Å². The molecule has 1 N–H and O–H groups in total. The van der Waals surface area contributed by atoms with Crippen LogP contribution in [0.3, 0.4) is 0 Å². The summed E-state index contributed by atoms with van der Waals surface area (Å²) in [5.41, 5.74) is 0.894. The van der Waals surface area contributed by atoms with Crippen LogP contribution in [0.25, 0.3) is 0 Å². The Kier molecular flexibility index (Phi) is 11.5. The van der Waals surface area contributed by atoms with Gasteiger partial charge in [0.05, 0.1) is 28.7 Å². The fraction of sp³-hybridized carbons (Fsp3) is 0.575. The van der Waals surface area contributed by atoms with Crippen LogP contribution in [0.5, 0.6) is 0 Å². The largest absolute Gasteiger partial charge is 0.469 e. The van der Waals surface area contributed by atoms with E-state index in [1.54, 1.807) is 18.2 Å². The lowest BCUT2D eigenvalue weighted by Gasteiger charge is -2.48. The molecule has 274 valence electrons. The molecule has 3 atom stereocenters. The van der Waals surface area contributed by atoms with E-state index in [1.165, 1.54) is 25.3 Å². The number of nitriles is 1. The molecule has 2 aromatic rings. The lowest BCUT2D eigenvalue weighted by molar-refractivity contribution is -0.142. The molecule has 0 unspecified atom stereocenters. The van der Waals surface area contributed by atoms with Crippen molar-refractivity contribution >= 4 is 27.4 Å². The molecular weight excluding hydrogens is 668 g/mol. The summed E-state index contributed by atoms with van der Waals surface area (Å²) in [7, 11) is -2.05. The molecule has 51 heavy (non-hydrogen) atoms. The first-order chi connectivity index (χ1) is 24.6. The van der Waals surface area contributed by atoms with Crippen molar-refractivity contribution in [1.29, 1.82) is 5.26 Å². The van der Waals surface area contributed by atoms with Crippen LogP contribution in [-0.2, 0) is 29.6 Å². The first-order valence-electron chi connectivity index (χ1n) is 18.6. The first-order valence-corrected chi connectivity index (χ1v) is 20.1. The summed E-state index contributed by atoms with van der Waals surface area (Å²) in [4.78, 5) is 29.1. The zero-order valence-corrected chi connectivity index (χ0v) is 30.5. The van der Waals surface area contributed by atoms with Gasteiger partial charge in [0.1, 0.15) is 5.82 Å². The molecule has 6 rings (SSSR count). The highest BCUT2D eigenvalue weighted by Crippen LogP contribution is 2.53. The number of carbonyl (C=O) groups excluding carboxylic acids is 2. The Hall–Kier alpha value is -3.75. The van der Waals surface area contributed by atoms with Gasteiger partial charge in [-0.25, -0.2) is 12.8 Å². The van der Waals surface area contributed by atoms with Gasteiger partial charge in [-0.1, -0.05) is 25.1 Å². The second-order valence-corrected chi connectivity index (χ2v) is 17.4. The van der Waals surface area contributed by atoms with E-state index >= 15 is 0 Å². The second kappa shape index (κ2) is 15.9. The van der Waals surface area contributed by atoms with E-state index < -0.39 is 20.5 Å². The van der Waals surface area contributed by atoms with Crippen LogP contribution in [-0.4, -0.2) is 76.3 Å². The van der Waals surface area contributed by atoms with Crippen LogP contribution >= 0.6 is 0 Å². The summed E-state index contributed by atoms with van der Waals surface area (Å²) in [5, 5.41) is 13.4. The second-order valence-electron chi connectivity index (χ2n) is 15.1. The summed E-state index contributed by atoms with van der Waals surface area (Å²) in [6.07, 6.45) is 8.18. The lowest BCUT2D eigenvalue weighted by atomic mass is 9.58. The Morgan fingerprint density at radius 2 is 1.75 bits per heavy atom. The van der Waals surface area contributed by atoms with Crippen molar-refractivity contribution in [2.75, 3.05) is 44.7 Å². The normalized spacial score (nSPS) is 26.0. The Morgan fingerprint density at radius 3 is 2.37 bits per heavy atom. The molecule has 1 amide bonds. The highest BCUT2D eigenvalue weighted by Gasteiger charge is 2.52. The minimum Gasteiger partial charge on any atom is -0.469 e. The van der Waals surface area contributed by atoms with Crippen LogP contribution in [0.15, 0.2) is 66.1 Å². The number of nitrogens with zero attached hydrogens (tertiary/aromatic N) is 3. The first kappa shape index (κ1) is 37.0. The van der Waals surface area contributed by atoms with Gasteiger partial charge in [-0.05, 0) is 130 Å². The molecule has 2 saturated heterocycles. The predicted octanol–water partition coefficient (Wildman–Crippen LogP) is 5.80. The number of likely N-dealkylation sites (tertiary alicyclic amines) is 1. The van der Waals surface area contributed by atoms with Gasteiger partial charge in [-0.2, -0.15) is 5.26 Å². The standard InChI is InChI=1S/C40H51FN4O5S/c1-3-38(46)43-33-10-14-35(15-11-33)51(48,49)36-16-12-34(13-17-36)45-25-28(26-45)24-44-20-18-30(19-21-44)40(27-42,31-7-5-8-32(41)23-31)37-9-4-6-29(37)22-39(47)50-2/h3,5,7-8,12-13,16-17,23,28-30,33,35,37H,1,4,6,9-11,14-15,18-22,24-26H2,2H3,(H,43,46)/t29-,33?,35?,37+,40+/m1/s1. The number of esters is 1.